The van der Waals surface area contributed by atoms with Gasteiger partial charge in [0, 0.05) is 65.8 Å². The van der Waals surface area contributed by atoms with E-state index in [4.69, 9.17) is 4.98 Å². The van der Waals surface area contributed by atoms with Crippen molar-refractivity contribution in [3.8, 4) is 33.8 Å². The van der Waals surface area contributed by atoms with Crippen LogP contribution < -0.4 is 5.32 Å². The molecule has 9 nitrogen and oxygen atoms in total. The minimum absolute atomic E-state index is 0.296. The predicted molar refractivity (Wildman–Crippen MR) is 169 cm³/mol. The van der Waals surface area contributed by atoms with Crippen molar-refractivity contribution in [2.45, 2.75) is 19.4 Å². The van der Waals surface area contributed by atoms with Gasteiger partial charge in [-0.3, -0.25) is 25.0 Å². The highest BCUT2D eigenvalue weighted by Crippen LogP contribution is 2.35. The standard InChI is InChI=1S/C33H34FN9/c1-42(2)8-5-37-25-11-22(10-24(34)12-25)28-17-36-18-31-26(28)13-30(39-31)33-27-14-29(38-19-32(27)40-41-33)23-9-21(15-35-16-23)20-43-6-3-4-7-43/h9-19,37,39H,3-8,20H2,1-2H3,(H,40,41). The molecule has 1 aliphatic rings. The smallest absolute Gasteiger partial charge is 0.125 e. The Bertz CT molecular complexity index is 1900. The number of benzene rings is 1. The van der Waals surface area contributed by atoms with Crippen molar-refractivity contribution in [2.75, 3.05) is 45.6 Å². The molecule has 0 unspecified atom stereocenters. The number of rotatable bonds is 9. The van der Waals surface area contributed by atoms with Crippen LogP contribution in [0.25, 0.3) is 55.6 Å². The van der Waals surface area contributed by atoms with Gasteiger partial charge < -0.3 is 15.2 Å². The molecule has 1 aliphatic heterocycles. The quantitative estimate of drug-likeness (QED) is 0.196. The number of halogens is 1. The molecule has 3 N–H and O–H groups in total. The zero-order chi connectivity index (χ0) is 29.3. The fourth-order valence-electron chi connectivity index (χ4n) is 5.87. The molecule has 10 heteroatoms. The third kappa shape index (κ3) is 5.71. The highest BCUT2D eigenvalue weighted by molar-refractivity contribution is 6.01. The Balaban J connectivity index is 1.22. The zero-order valence-electron chi connectivity index (χ0n) is 24.4. The molecule has 0 bridgehead atoms. The minimum atomic E-state index is -0.296. The van der Waals surface area contributed by atoms with Crippen molar-refractivity contribution in [1.82, 2.24) is 39.9 Å². The van der Waals surface area contributed by atoms with Crippen LogP contribution in [0.3, 0.4) is 0 Å². The number of fused-ring (bicyclic) bond motifs is 2. The van der Waals surface area contributed by atoms with Gasteiger partial charge in [0.1, 0.15) is 11.5 Å². The molecule has 5 aromatic heterocycles. The van der Waals surface area contributed by atoms with Gasteiger partial charge in [0.15, 0.2) is 0 Å². The third-order valence-electron chi connectivity index (χ3n) is 8.04. The number of nitrogens with one attached hydrogen (secondary N) is 3. The molecule has 218 valence electrons. The van der Waals surface area contributed by atoms with E-state index in [1.54, 1.807) is 18.5 Å². The number of H-pyrrole nitrogens is 2. The fraction of sp³-hybridized carbons (Fsp3) is 0.273. The van der Waals surface area contributed by atoms with Crippen LogP contribution in [0.4, 0.5) is 10.1 Å². The van der Waals surface area contributed by atoms with Crippen molar-refractivity contribution < 1.29 is 4.39 Å². The monoisotopic (exact) mass is 575 g/mol. The molecular formula is C33H34FN9. The first kappa shape index (κ1) is 27.2. The Hall–Kier alpha value is -4.67. The summed E-state index contributed by atoms with van der Waals surface area (Å²) in [5.74, 6) is -0.296. The minimum Gasteiger partial charge on any atom is -0.384 e. The molecule has 0 atom stereocenters. The second-order valence-electron chi connectivity index (χ2n) is 11.5. The van der Waals surface area contributed by atoms with Crippen LogP contribution in [-0.4, -0.2) is 80.2 Å². The Morgan fingerprint density at radius 1 is 0.884 bits per heavy atom. The summed E-state index contributed by atoms with van der Waals surface area (Å²) in [7, 11) is 4.03. The van der Waals surface area contributed by atoms with Crippen molar-refractivity contribution in [2.24, 2.45) is 0 Å². The molecule has 6 heterocycles. The summed E-state index contributed by atoms with van der Waals surface area (Å²) in [5, 5.41) is 13.0. The normalized spacial score (nSPS) is 14.0. The van der Waals surface area contributed by atoms with Crippen molar-refractivity contribution in [3.63, 3.8) is 0 Å². The van der Waals surface area contributed by atoms with Gasteiger partial charge in [-0.05, 0) is 87.6 Å². The summed E-state index contributed by atoms with van der Waals surface area (Å²) < 4.78 is 14.7. The summed E-state index contributed by atoms with van der Waals surface area (Å²) in [6.07, 6.45) is 11.7. The van der Waals surface area contributed by atoms with Gasteiger partial charge in [0.2, 0.25) is 0 Å². The van der Waals surface area contributed by atoms with E-state index in [0.717, 1.165) is 87.4 Å². The van der Waals surface area contributed by atoms with Crippen molar-refractivity contribution in [3.05, 3.63) is 78.8 Å². The second-order valence-corrected chi connectivity index (χ2v) is 11.5. The van der Waals surface area contributed by atoms with E-state index in [0.29, 0.717) is 6.54 Å². The molecular weight excluding hydrogens is 541 g/mol. The first-order chi connectivity index (χ1) is 21.0. The van der Waals surface area contributed by atoms with Gasteiger partial charge in [-0.2, -0.15) is 5.10 Å². The lowest BCUT2D eigenvalue weighted by Gasteiger charge is -2.14. The Morgan fingerprint density at radius 3 is 2.60 bits per heavy atom. The van der Waals surface area contributed by atoms with E-state index in [9.17, 15) is 4.39 Å². The van der Waals surface area contributed by atoms with Crippen LogP contribution in [0.5, 0.6) is 0 Å². The maximum atomic E-state index is 14.7. The number of hydrogen-bond donors (Lipinski definition) is 3. The topological polar surface area (TPSA) is 102 Å². The zero-order valence-corrected chi connectivity index (χ0v) is 24.4. The lowest BCUT2D eigenvalue weighted by atomic mass is 10.0. The number of nitrogens with zero attached hydrogens (tertiary/aromatic N) is 6. The van der Waals surface area contributed by atoms with Crippen molar-refractivity contribution in [1.29, 1.82) is 0 Å². The predicted octanol–water partition coefficient (Wildman–Crippen LogP) is 5.94. The van der Waals surface area contributed by atoms with Crippen LogP contribution in [0.2, 0.25) is 0 Å². The molecule has 0 spiro atoms. The SMILES string of the molecule is CN(C)CCNc1cc(F)cc(-c2cncc3[nH]c(-c4n[nH]c5cnc(-c6cncc(CN7CCCC7)c6)cc45)cc23)c1. The Kier molecular flexibility index (Phi) is 7.30. The molecule has 1 saturated heterocycles. The Morgan fingerprint density at radius 2 is 1.74 bits per heavy atom. The average Bonchev–Trinajstić information content (AvgIpc) is 3.76. The summed E-state index contributed by atoms with van der Waals surface area (Å²) in [5.41, 5.74) is 8.68. The van der Waals surface area contributed by atoms with Crippen molar-refractivity contribution >= 4 is 27.5 Å². The van der Waals surface area contributed by atoms with E-state index < -0.39 is 0 Å². The first-order valence-electron chi connectivity index (χ1n) is 14.7. The number of anilines is 1. The van der Waals surface area contributed by atoms with E-state index in [2.05, 4.69) is 58.5 Å². The van der Waals surface area contributed by atoms with Gasteiger partial charge in [-0.15, -0.1) is 0 Å². The number of hydrogen-bond acceptors (Lipinski definition) is 7. The van der Waals surface area contributed by atoms with Crippen LogP contribution in [0, 0.1) is 5.82 Å². The molecule has 1 fully saturated rings. The highest BCUT2D eigenvalue weighted by atomic mass is 19.1. The molecule has 0 radical (unpaired) electrons. The fourth-order valence-corrected chi connectivity index (χ4v) is 5.87. The number of likely N-dealkylation sites (N-methyl/N-ethyl adjacent to an activating group) is 1. The number of pyridine rings is 3. The van der Waals surface area contributed by atoms with E-state index >= 15 is 0 Å². The molecule has 6 aromatic rings. The van der Waals surface area contributed by atoms with Gasteiger partial charge in [-0.25, -0.2) is 4.39 Å². The highest BCUT2D eigenvalue weighted by Gasteiger charge is 2.17. The molecule has 43 heavy (non-hydrogen) atoms. The van der Waals surface area contributed by atoms with Gasteiger partial charge in [0.25, 0.3) is 0 Å². The number of aromatic amines is 2. The Labute approximate surface area is 249 Å². The summed E-state index contributed by atoms with van der Waals surface area (Å²) >= 11 is 0. The number of aromatic nitrogens is 6. The molecule has 7 rings (SSSR count). The van der Waals surface area contributed by atoms with Gasteiger partial charge in [0.05, 0.1) is 34.8 Å². The average molecular weight is 576 g/mol. The summed E-state index contributed by atoms with van der Waals surface area (Å²) in [6, 6.07) is 11.3. The second kappa shape index (κ2) is 11.5. The molecule has 0 saturated carbocycles. The van der Waals surface area contributed by atoms with Crippen LogP contribution >= 0.6 is 0 Å². The van der Waals surface area contributed by atoms with Gasteiger partial charge >= 0.3 is 0 Å². The van der Waals surface area contributed by atoms with Gasteiger partial charge in [-0.1, -0.05) is 0 Å². The number of likely N-dealkylation sites (tertiary alicyclic amines) is 1. The third-order valence-corrected chi connectivity index (χ3v) is 8.04. The van der Waals surface area contributed by atoms with Crippen LogP contribution in [0.1, 0.15) is 18.4 Å². The molecule has 0 aliphatic carbocycles. The maximum Gasteiger partial charge on any atom is 0.125 e. The summed E-state index contributed by atoms with van der Waals surface area (Å²) in [6.45, 7) is 4.75. The largest absolute Gasteiger partial charge is 0.384 e. The molecule has 1 aromatic carbocycles. The van der Waals surface area contributed by atoms with E-state index in [-0.39, 0.29) is 5.82 Å². The van der Waals surface area contributed by atoms with E-state index in [1.165, 1.54) is 24.5 Å². The molecule has 0 amide bonds. The maximum absolute atomic E-state index is 14.7. The summed E-state index contributed by atoms with van der Waals surface area (Å²) in [4.78, 5) is 21.7. The van der Waals surface area contributed by atoms with Crippen LogP contribution in [0.15, 0.2) is 67.4 Å². The first-order valence-corrected chi connectivity index (χ1v) is 14.7. The van der Waals surface area contributed by atoms with Crippen LogP contribution in [-0.2, 0) is 6.54 Å². The lowest BCUT2D eigenvalue weighted by molar-refractivity contribution is 0.331. The van der Waals surface area contributed by atoms with E-state index in [1.807, 2.05) is 38.8 Å². The lowest BCUT2D eigenvalue weighted by Crippen LogP contribution is -2.20.